The smallest absolute Gasteiger partial charge is 0.333 e. The zero-order valence-electron chi connectivity index (χ0n) is 20.2. The van der Waals surface area contributed by atoms with E-state index in [1.807, 2.05) is 0 Å². The van der Waals surface area contributed by atoms with Crippen LogP contribution in [0.1, 0.15) is 90.9 Å². The minimum atomic E-state index is -0.224. The minimum absolute atomic E-state index is 0.0806. The van der Waals surface area contributed by atoms with Crippen LogP contribution in [0.4, 0.5) is 0 Å². The topological polar surface area (TPSA) is 52.6 Å². The van der Waals surface area contributed by atoms with Crippen LogP contribution in [0.3, 0.4) is 0 Å². The van der Waals surface area contributed by atoms with E-state index in [1.54, 1.807) is 13.8 Å². The van der Waals surface area contributed by atoms with Crippen LogP contribution in [-0.4, -0.2) is 24.1 Å². The first-order chi connectivity index (χ1) is 15.3. The van der Waals surface area contributed by atoms with Crippen LogP contribution in [0.5, 0.6) is 0 Å². The van der Waals surface area contributed by atoms with E-state index in [2.05, 4.69) is 13.2 Å². The van der Waals surface area contributed by atoms with E-state index in [9.17, 15) is 9.59 Å². The molecule has 4 aliphatic carbocycles. The second-order valence-corrected chi connectivity index (χ2v) is 11.4. The molecule has 8 atom stereocenters. The van der Waals surface area contributed by atoms with E-state index in [0.29, 0.717) is 23.0 Å². The van der Waals surface area contributed by atoms with Crippen LogP contribution in [0.2, 0.25) is 0 Å². The summed E-state index contributed by atoms with van der Waals surface area (Å²) in [5.41, 5.74) is 1.01. The van der Waals surface area contributed by atoms with Crippen molar-refractivity contribution in [1.82, 2.24) is 0 Å². The van der Waals surface area contributed by atoms with Gasteiger partial charge in [-0.25, -0.2) is 9.59 Å². The Bertz CT molecular complexity index is 678. The van der Waals surface area contributed by atoms with Gasteiger partial charge in [-0.2, -0.15) is 0 Å². The molecule has 32 heavy (non-hydrogen) atoms. The monoisotopic (exact) mass is 442 g/mol. The van der Waals surface area contributed by atoms with Gasteiger partial charge in [0.25, 0.3) is 0 Å². The molecular formula is C28H42O4. The Hall–Kier alpha value is -1.58. The Balaban J connectivity index is 1.30. The van der Waals surface area contributed by atoms with Crippen LogP contribution in [0.25, 0.3) is 0 Å². The number of carbonyl (C=O) groups is 2. The number of rotatable bonds is 5. The number of hydrogen-bond donors (Lipinski definition) is 0. The zero-order valence-corrected chi connectivity index (χ0v) is 20.2. The summed E-state index contributed by atoms with van der Waals surface area (Å²) in [5.74, 6) is 4.23. The summed E-state index contributed by atoms with van der Waals surface area (Å²) in [7, 11) is 0. The van der Waals surface area contributed by atoms with E-state index in [1.165, 1.54) is 51.4 Å². The van der Waals surface area contributed by atoms with Crippen molar-refractivity contribution in [1.29, 1.82) is 0 Å². The minimum Gasteiger partial charge on any atom is -0.459 e. The fraction of sp³-hybridized carbons (Fsp3) is 0.786. The molecular weight excluding hydrogens is 400 g/mol. The highest BCUT2D eigenvalue weighted by atomic mass is 16.5. The van der Waals surface area contributed by atoms with Crippen molar-refractivity contribution in [2.75, 3.05) is 0 Å². The van der Waals surface area contributed by atoms with Crippen molar-refractivity contribution < 1.29 is 19.1 Å². The Labute approximate surface area is 194 Å². The highest BCUT2D eigenvalue weighted by Gasteiger charge is 2.43. The number of carbonyl (C=O) groups excluding carboxylic acids is 2. The van der Waals surface area contributed by atoms with Gasteiger partial charge >= 0.3 is 11.9 Å². The molecule has 0 aliphatic heterocycles. The molecule has 8 unspecified atom stereocenters. The first kappa shape index (κ1) is 23.6. The maximum absolute atomic E-state index is 12.0. The maximum atomic E-state index is 12.0. The molecule has 4 heteroatoms. The summed E-state index contributed by atoms with van der Waals surface area (Å²) in [6.45, 7) is 10.9. The number of ether oxygens (including phenoxy) is 2. The summed E-state index contributed by atoms with van der Waals surface area (Å²) in [4.78, 5) is 24.0. The first-order valence-electron chi connectivity index (χ1n) is 13.0. The van der Waals surface area contributed by atoms with Gasteiger partial charge in [-0.05, 0) is 126 Å². The van der Waals surface area contributed by atoms with Gasteiger partial charge in [0, 0.05) is 11.1 Å². The molecule has 0 spiro atoms. The normalized spacial score (nSPS) is 39.2. The molecule has 0 radical (unpaired) electrons. The molecule has 4 fully saturated rings. The summed E-state index contributed by atoms with van der Waals surface area (Å²) >= 11 is 0. The van der Waals surface area contributed by atoms with Crippen molar-refractivity contribution in [2.24, 2.45) is 35.5 Å². The fourth-order valence-electron chi connectivity index (χ4n) is 7.35. The van der Waals surface area contributed by atoms with E-state index in [-0.39, 0.29) is 24.1 Å². The predicted molar refractivity (Wildman–Crippen MR) is 126 cm³/mol. The third kappa shape index (κ3) is 5.48. The van der Waals surface area contributed by atoms with Crippen molar-refractivity contribution in [3.63, 3.8) is 0 Å². The van der Waals surface area contributed by atoms with Gasteiger partial charge in [0.15, 0.2) is 0 Å². The molecule has 0 saturated heterocycles. The largest absolute Gasteiger partial charge is 0.459 e. The summed E-state index contributed by atoms with van der Waals surface area (Å²) in [5, 5.41) is 0. The van der Waals surface area contributed by atoms with Crippen LogP contribution in [0.15, 0.2) is 24.3 Å². The molecule has 4 saturated carbocycles. The van der Waals surface area contributed by atoms with Gasteiger partial charge in [0.2, 0.25) is 0 Å². The van der Waals surface area contributed by atoms with E-state index in [4.69, 9.17) is 9.47 Å². The molecule has 0 heterocycles. The molecule has 0 amide bonds. The molecule has 0 bridgehead atoms. The molecule has 0 aromatic carbocycles. The zero-order chi connectivity index (χ0) is 22.8. The highest BCUT2D eigenvalue weighted by molar-refractivity contribution is 5.87. The average molecular weight is 443 g/mol. The van der Waals surface area contributed by atoms with Gasteiger partial charge < -0.3 is 9.47 Å². The molecule has 4 aliphatic rings. The Kier molecular flexibility index (Phi) is 7.47. The van der Waals surface area contributed by atoms with E-state index in [0.717, 1.165) is 49.4 Å². The van der Waals surface area contributed by atoms with Gasteiger partial charge in [-0.15, -0.1) is 0 Å². The second kappa shape index (κ2) is 10.1. The molecule has 0 aromatic heterocycles. The lowest BCUT2D eigenvalue weighted by molar-refractivity contribution is -0.149. The number of esters is 2. The predicted octanol–water partition coefficient (Wildman–Crippen LogP) is 6.40. The molecule has 0 aromatic rings. The standard InChI is InChI=1S/C28H42O4/c1-17(2)27(29)31-25-11-9-19-5-7-21(13-23(19)15-25)22-8-6-20-10-12-26(16-24(20)14-22)32-28(30)18(3)4/h19-26H,1,3,5-16H2,2,4H3. The number of hydrogen-bond acceptors (Lipinski definition) is 4. The Morgan fingerprint density at radius 3 is 1.25 bits per heavy atom. The Morgan fingerprint density at radius 1 is 0.531 bits per heavy atom. The highest BCUT2D eigenvalue weighted by Crippen LogP contribution is 2.51. The van der Waals surface area contributed by atoms with Gasteiger partial charge in [0.1, 0.15) is 12.2 Å². The second-order valence-electron chi connectivity index (χ2n) is 11.4. The lowest BCUT2D eigenvalue weighted by Gasteiger charge is -2.48. The first-order valence-corrected chi connectivity index (χ1v) is 13.0. The van der Waals surface area contributed by atoms with Crippen LogP contribution in [0, 0.1) is 35.5 Å². The van der Waals surface area contributed by atoms with Crippen molar-refractivity contribution in [3.05, 3.63) is 24.3 Å². The average Bonchev–Trinajstić information content (AvgIpc) is 2.77. The molecule has 178 valence electrons. The quantitative estimate of drug-likeness (QED) is 0.365. The van der Waals surface area contributed by atoms with Gasteiger partial charge in [-0.1, -0.05) is 13.2 Å². The third-order valence-corrected chi connectivity index (χ3v) is 9.12. The summed E-state index contributed by atoms with van der Waals surface area (Å²) in [6, 6.07) is 0. The summed E-state index contributed by atoms with van der Waals surface area (Å²) in [6.07, 6.45) is 14.7. The third-order valence-electron chi connectivity index (χ3n) is 9.12. The number of fused-ring (bicyclic) bond motifs is 2. The lowest BCUT2D eigenvalue weighted by atomic mass is 9.59. The van der Waals surface area contributed by atoms with Crippen LogP contribution in [-0.2, 0) is 19.1 Å². The van der Waals surface area contributed by atoms with Gasteiger partial charge in [-0.3, -0.25) is 0 Å². The van der Waals surface area contributed by atoms with E-state index >= 15 is 0 Å². The fourth-order valence-corrected chi connectivity index (χ4v) is 7.35. The van der Waals surface area contributed by atoms with Crippen molar-refractivity contribution >= 4 is 11.9 Å². The SMILES string of the molecule is C=C(C)C(=O)OC1CCC2CCC(C3CCC4CCC(OC(=O)C(=C)C)CC4C3)CC2C1. The van der Waals surface area contributed by atoms with E-state index < -0.39 is 0 Å². The van der Waals surface area contributed by atoms with Crippen molar-refractivity contribution in [3.8, 4) is 0 Å². The van der Waals surface area contributed by atoms with Crippen molar-refractivity contribution in [2.45, 2.75) is 103 Å². The molecule has 4 nitrogen and oxygen atoms in total. The summed E-state index contributed by atoms with van der Waals surface area (Å²) < 4.78 is 11.5. The van der Waals surface area contributed by atoms with Crippen LogP contribution >= 0.6 is 0 Å². The molecule has 0 N–H and O–H groups in total. The lowest BCUT2D eigenvalue weighted by Crippen LogP contribution is -2.40. The maximum Gasteiger partial charge on any atom is 0.333 e. The molecule has 4 rings (SSSR count). The van der Waals surface area contributed by atoms with Crippen LogP contribution < -0.4 is 0 Å². The van der Waals surface area contributed by atoms with Gasteiger partial charge in [0.05, 0.1) is 0 Å². The Morgan fingerprint density at radius 2 is 0.875 bits per heavy atom.